The lowest BCUT2D eigenvalue weighted by molar-refractivity contribution is -0.147. The first kappa shape index (κ1) is 21.1. The number of hydrogen-bond acceptors (Lipinski definition) is 7. The molecule has 1 amide bonds. The van der Waals surface area contributed by atoms with E-state index in [-0.39, 0.29) is 29.7 Å². The van der Waals surface area contributed by atoms with Crippen LogP contribution in [0.5, 0.6) is 5.75 Å². The molecule has 164 valence electrons. The molecule has 0 aromatic heterocycles. The second kappa shape index (κ2) is 6.43. The number of hydrogen-bond donors (Lipinski definition) is 5. The number of ketones is 2. The zero-order chi connectivity index (χ0) is 23.0. The first-order valence-corrected chi connectivity index (χ1v) is 10.1. The molecular formula is C23H25NO7. The molecule has 0 heterocycles. The number of Topliss-reactive ketones (excluding diaryl/α,β-unsaturated/α-hetero) is 2. The fraction of sp³-hybridized carbons (Fsp3) is 0.435. The van der Waals surface area contributed by atoms with Crippen molar-refractivity contribution in [1.29, 1.82) is 0 Å². The Labute approximate surface area is 178 Å². The molecule has 3 atom stereocenters. The lowest BCUT2D eigenvalue weighted by Gasteiger charge is -2.46. The SMILES string of the molecule is CC(C)(C)c1ccc2c(c1O)C(O)=C1C(=O)C3(O)C(O)=C(C(N)=O)C(=O)CC3CC1C2. The maximum absolute atomic E-state index is 13.4. The van der Waals surface area contributed by atoms with Crippen LogP contribution >= 0.6 is 0 Å². The molecule has 6 N–H and O–H groups in total. The number of benzene rings is 1. The summed E-state index contributed by atoms with van der Waals surface area (Å²) in [5.74, 6) is -6.09. The van der Waals surface area contributed by atoms with E-state index in [0.717, 1.165) is 0 Å². The molecule has 4 rings (SSSR count). The number of fused-ring (bicyclic) bond motifs is 3. The van der Waals surface area contributed by atoms with E-state index >= 15 is 0 Å². The molecule has 8 heteroatoms. The monoisotopic (exact) mass is 427 g/mol. The van der Waals surface area contributed by atoms with Gasteiger partial charge < -0.3 is 26.2 Å². The minimum atomic E-state index is -2.53. The first-order valence-electron chi connectivity index (χ1n) is 10.1. The number of phenols is 1. The summed E-state index contributed by atoms with van der Waals surface area (Å²) >= 11 is 0. The van der Waals surface area contributed by atoms with Crippen LogP contribution in [0.4, 0.5) is 0 Å². The predicted molar refractivity (Wildman–Crippen MR) is 110 cm³/mol. The third kappa shape index (κ3) is 2.74. The van der Waals surface area contributed by atoms with Gasteiger partial charge >= 0.3 is 0 Å². The van der Waals surface area contributed by atoms with Crippen molar-refractivity contribution < 1.29 is 34.8 Å². The molecule has 1 aromatic carbocycles. The highest BCUT2D eigenvalue weighted by Crippen LogP contribution is 2.52. The Kier molecular flexibility index (Phi) is 4.38. The second-order valence-corrected chi connectivity index (χ2v) is 9.65. The number of carbonyl (C=O) groups excluding carboxylic acids is 3. The number of aliphatic hydroxyl groups excluding tert-OH is 2. The van der Waals surface area contributed by atoms with E-state index < -0.39 is 57.4 Å². The Hall–Kier alpha value is -3.13. The number of nitrogens with two attached hydrogens (primary N) is 1. The second-order valence-electron chi connectivity index (χ2n) is 9.65. The minimum Gasteiger partial charge on any atom is -0.508 e. The topological polar surface area (TPSA) is 158 Å². The van der Waals surface area contributed by atoms with Gasteiger partial charge in [-0.2, -0.15) is 0 Å². The lowest BCUT2D eigenvalue weighted by Crippen LogP contribution is -2.58. The van der Waals surface area contributed by atoms with Crippen LogP contribution in [0.2, 0.25) is 0 Å². The van der Waals surface area contributed by atoms with Gasteiger partial charge in [0.25, 0.3) is 5.91 Å². The van der Waals surface area contributed by atoms with E-state index in [1.165, 1.54) is 0 Å². The van der Waals surface area contributed by atoms with Crippen molar-refractivity contribution in [1.82, 2.24) is 0 Å². The molecular weight excluding hydrogens is 402 g/mol. The maximum atomic E-state index is 13.4. The lowest BCUT2D eigenvalue weighted by atomic mass is 9.59. The molecule has 0 spiro atoms. The van der Waals surface area contributed by atoms with Crippen molar-refractivity contribution in [3.63, 3.8) is 0 Å². The van der Waals surface area contributed by atoms with Crippen molar-refractivity contribution in [2.45, 2.75) is 51.0 Å². The average molecular weight is 427 g/mol. The average Bonchev–Trinajstić information content (AvgIpc) is 2.63. The van der Waals surface area contributed by atoms with Crippen molar-refractivity contribution in [3.05, 3.63) is 45.7 Å². The van der Waals surface area contributed by atoms with E-state index in [4.69, 9.17) is 5.73 Å². The summed E-state index contributed by atoms with van der Waals surface area (Å²) in [6.07, 6.45) is 0.118. The number of aromatic hydroxyl groups is 1. The van der Waals surface area contributed by atoms with Crippen LogP contribution in [-0.2, 0) is 26.2 Å². The van der Waals surface area contributed by atoms with E-state index in [9.17, 15) is 34.8 Å². The summed E-state index contributed by atoms with van der Waals surface area (Å²) < 4.78 is 0. The standard InChI is InChI=1S/C23H25NO7/c1-22(2,3)12-5-4-9-6-10-7-11-8-13(25)16(21(24)30)20(29)23(11,31)19(28)15(10)18(27)14(9)17(12)26/h4-5,10-11,26-27,29,31H,6-8H2,1-3H3,(H2,24,30). The van der Waals surface area contributed by atoms with E-state index in [1.54, 1.807) is 12.1 Å². The van der Waals surface area contributed by atoms with Gasteiger partial charge in [-0.3, -0.25) is 14.4 Å². The molecule has 3 aliphatic carbocycles. The van der Waals surface area contributed by atoms with Gasteiger partial charge in [0.2, 0.25) is 5.78 Å². The van der Waals surface area contributed by atoms with Crippen LogP contribution in [0.15, 0.2) is 29.0 Å². The Bertz CT molecular complexity index is 1120. The Morgan fingerprint density at radius 3 is 2.35 bits per heavy atom. The quantitative estimate of drug-likeness (QED) is 0.427. The minimum absolute atomic E-state index is 0.125. The van der Waals surface area contributed by atoms with Gasteiger partial charge in [-0.1, -0.05) is 32.9 Å². The van der Waals surface area contributed by atoms with Crippen molar-refractivity contribution >= 4 is 23.2 Å². The molecule has 1 aromatic rings. The number of aliphatic hydroxyl groups is 3. The fourth-order valence-corrected chi connectivity index (χ4v) is 5.20. The Morgan fingerprint density at radius 1 is 1.13 bits per heavy atom. The molecule has 31 heavy (non-hydrogen) atoms. The third-order valence-corrected chi connectivity index (χ3v) is 6.74. The number of primary amides is 1. The smallest absolute Gasteiger partial charge is 0.255 e. The first-order chi connectivity index (χ1) is 14.3. The number of carbonyl (C=O) groups is 3. The highest BCUT2D eigenvalue weighted by molar-refractivity contribution is 6.22. The van der Waals surface area contributed by atoms with Crippen molar-refractivity contribution in [2.24, 2.45) is 17.6 Å². The van der Waals surface area contributed by atoms with Crippen LogP contribution in [0.3, 0.4) is 0 Å². The molecule has 0 aliphatic heterocycles. The summed E-state index contributed by atoms with van der Waals surface area (Å²) in [7, 11) is 0. The van der Waals surface area contributed by atoms with Gasteiger partial charge in [0.1, 0.15) is 22.8 Å². The molecule has 3 unspecified atom stereocenters. The largest absolute Gasteiger partial charge is 0.508 e. The number of phenolic OH excluding ortho intramolecular Hbond substituents is 1. The van der Waals surface area contributed by atoms with Crippen LogP contribution in [0, 0.1) is 11.8 Å². The zero-order valence-electron chi connectivity index (χ0n) is 17.5. The molecule has 0 radical (unpaired) electrons. The Balaban J connectivity index is 1.93. The fourth-order valence-electron chi connectivity index (χ4n) is 5.20. The molecule has 1 saturated carbocycles. The van der Waals surface area contributed by atoms with Gasteiger partial charge in [-0.25, -0.2) is 0 Å². The summed E-state index contributed by atoms with van der Waals surface area (Å²) in [5.41, 5.74) is 2.65. The van der Waals surface area contributed by atoms with Crippen molar-refractivity contribution in [2.75, 3.05) is 0 Å². The van der Waals surface area contributed by atoms with Crippen molar-refractivity contribution in [3.8, 4) is 5.75 Å². The number of rotatable bonds is 1. The molecule has 0 bridgehead atoms. The van der Waals surface area contributed by atoms with Crippen LogP contribution in [0.25, 0.3) is 5.76 Å². The van der Waals surface area contributed by atoms with Crippen LogP contribution < -0.4 is 5.73 Å². The van der Waals surface area contributed by atoms with E-state index in [0.29, 0.717) is 17.5 Å². The van der Waals surface area contributed by atoms with Gasteiger partial charge in [0.15, 0.2) is 11.4 Å². The molecule has 8 nitrogen and oxygen atoms in total. The van der Waals surface area contributed by atoms with Crippen LogP contribution in [0.1, 0.15) is 50.3 Å². The van der Waals surface area contributed by atoms with Crippen LogP contribution in [-0.4, -0.2) is 43.5 Å². The summed E-state index contributed by atoms with van der Waals surface area (Å²) in [4.78, 5) is 37.4. The van der Waals surface area contributed by atoms with E-state index in [1.807, 2.05) is 20.8 Å². The van der Waals surface area contributed by atoms with Gasteiger partial charge in [0.05, 0.1) is 5.56 Å². The van der Waals surface area contributed by atoms with E-state index in [2.05, 4.69) is 0 Å². The maximum Gasteiger partial charge on any atom is 0.255 e. The Morgan fingerprint density at radius 2 is 1.77 bits per heavy atom. The molecule has 0 saturated heterocycles. The normalized spacial score (nSPS) is 28.3. The predicted octanol–water partition coefficient (Wildman–Crippen LogP) is 1.72. The molecule has 1 fully saturated rings. The third-order valence-electron chi connectivity index (χ3n) is 6.74. The number of amides is 1. The molecule has 3 aliphatic rings. The highest BCUT2D eigenvalue weighted by atomic mass is 16.3. The highest BCUT2D eigenvalue weighted by Gasteiger charge is 2.60. The summed E-state index contributed by atoms with van der Waals surface area (Å²) in [6, 6.07) is 3.58. The summed E-state index contributed by atoms with van der Waals surface area (Å²) in [5, 5.41) is 43.7. The van der Waals surface area contributed by atoms with Gasteiger partial charge in [-0.05, 0) is 29.7 Å². The summed E-state index contributed by atoms with van der Waals surface area (Å²) in [6.45, 7) is 5.70. The van der Waals surface area contributed by atoms with Gasteiger partial charge in [0, 0.05) is 23.5 Å². The zero-order valence-corrected chi connectivity index (χ0v) is 17.5. The van der Waals surface area contributed by atoms with Gasteiger partial charge in [-0.15, -0.1) is 0 Å².